The number of rotatable bonds is 3. The van der Waals surface area contributed by atoms with E-state index in [4.69, 9.17) is 4.74 Å². The van der Waals surface area contributed by atoms with Crippen LogP contribution in [0, 0.1) is 0 Å². The van der Waals surface area contributed by atoms with Crippen LogP contribution in [0.15, 0.2) is 24.4 Å². The van der Waals surface area contributed by atoms with Crippen molar-refractivity contribution >= 4 is 11.7 Å². The smallest absolute Gasteiger partial charge is 0.251 e. The van der Waals surface area contributed by atoms with Crippen molar-refractivity contribution in [1.82, 2.24) is 9.88 Å². The fraction of sp³-hybridized carbons (Fsp3) is 0.538. The van der Waals surface area contributed by atoms with Crippen LogP contribution >= 0.6 is 0 Å². The van der Waals surface area contributed by atoms with Gasteiger partial charge in [-0.2, -0.15) is 0 Å². The van der Waals surface area contributed by atoms with Crippen LogP contribution in [0.2, 0.25) is 0 Å². The van der Waals surface area contributed by atoms with E-state index in [1.807, 2.05) is 23.1 Å². The third-order valence-electron chi connectivity index (χ3n) is 3.27. The largest absolute Gasteiger partial charge is 0.372 e. The first-order chi connectivity index (χ1) is 8.72. The maximum Gasteiger partial charge on any atom is 0.251 e. The number of aromatic nitrogens is 1. The van der Waals surface area contributed by atoms with Gasteiger partial charge >= 0.3 is 0 Å². The average molecular weight is 249 g/mol. The standard InChI is InChI=1S/C13H19N3O2/c1-11(18-2)13(17)16-9-7-15(8-10-16)12-5-3-4-6-14-12/h3-6,11H,7-10H2,1-2H3. The third-order valence-corrected chi connectivity index (χ3v) is 3.27. The van der Waals surface area contributed by atoms with Crippen molar-refractivity contribution in [2.24, 2.45) is 0 Å². The van der Waals surface area contributed by atoms with E-state index in [9.17, 15) is 4.79 Å². The van der Waals surface area contributed by atoms with Crippen molar-refractivity contribution in [2.75, 3.05) is 38.2 Å². The normalized spacial score (nSPS) is 17.7. The van der Waals surface area contributed by atoms with Crippen molar-refractivity contribution < 1.29 is 9.53 Å². The maximum absolute atomic E-state index is 11.9. The molecule has 1 saturated heterocycles. The second kappa shape index (κ2) is 5.82. The minimum atomic E-state index is -0.355. The first-order valence-corrected chi connectivity index (χ1v) is 6.20. The molecule has 1 aromatic heterocycles. The molecule has 0 N–H and O–H groups in total. The van der Waals surface area contributed by atoms with Gasteiger partial charge in [-0.05, 0) is 19.1 Å². The van der Waals surface area contributed by atoms with E-state index in [0.717, 1.165) is 32.0 Å². The lowest BCUT2D eigenvalue weighted by molar-refractivity contribution is -0.141. The molecule has 0 radical (unpaired) electrons. The Bertz CT molecular complexity index is 388. The van der Waals surface area contributed by atoms with Crippen molar-refractivity contribution in [3.63, 3.8) is 0 Å². The molecule has 1 atom stereocenters. The molecule has 0 spiro atoms. The summed E-state index contributed by atoms with van der Waals surface area (Å²) in [7, 11) is 1.56. The molecule has 5 nitrogen and oxygen atoms in total. The quantitative estimate of drug-likeness (QED) is 0.793. The van der Waals surface area contributed by atoms with Crippen molar-refractivity contribution in [2.45, 2.75) is 13.0 Å². The molecule has 0 aromatic carbocycles. The van der Waals surface area contributed by atoms with Gasteiger partial charge in [0.25, 0.3) is 5.91 Å². The lowest BCUT2D eigenvalue weighted by Crippen LogP contribution is -2.51. The molecule has 1 amide bonds. The summed E-state index contributed by atoms with van der Waals surface area (Å²) in [5.74, 6) is 1.04. The van der Waals surface area contributed by atoms with E-state index in [1.165, 1.54) is 0 Å². The highest BCUT2D eigenvalue weighted by atomic mass is 16.5. The SMILES string of the molecule is COC(C)C(=O)N1CCN(c2ccccn2)CC1. The Hall–Kier alpha value is -1.62. The number of nitrogens with zero attached hydrogens (tertiary/aromatic N) is 3. The fourth-order valence-electron chi connectivity index (χ4n) is 2.05. The average Bonchev–Trinajstić information content (AvgIpc) is 2.47. The van der Waals surface area contributed by atoms with Gasteiger partial charge in [-0.15, -0.1) is 0 Å². The fourth-order valence-corrected chi connectivity index (χ4v) is 2.05. The van der Waals surface area contributed by atoms with Crippen LogP contribution < -0.4 is 4.90 Å². The predicted molar refractivity (Wildman–Crippen MR) is 69.5 cm³/mol. The zero-order chi connectivity index (χ0) is 13.0. The number of carbonyl (C=O) groups excluding carboxylic acids is 1. The number of pyridine rings is 1. The molecular weight excluding hydrogens is 230 g/mol. The van der Waals surface area contributed by atoms with Crippen molar-refractivity contribution in [3.8, 4) is 0 Å². The van der Waals surface area contributed by atoms with Gasteiger partial charge in [0.1, 0.15) is 11.9 Å². The van der Waals surface area contributed by atoms with Crippen LogP contribution in [0.1, 0.15) is 6.92 Å². The number of anilines is 1. The van der Waals surface area contributed by atoms with Crippen LogP contribution in [-0.2, 0) is 9.53 Å². The minimum absolute atomic E-state index is 0.0678. The zero-order valence-electron chi connectivity index (χ0n) is 10.9. The van der Waals surface area contributed by atoms with Gasteiger partial charge in [-0.3, -0.25) is 4.79 Å². The van der Waals surface area contributed by atoms with Crippen LogP contribution in [-0.4, -0.2) is 55.2 Å². The Kier molecular flexibility index (Phi) is 4.15. The summed E-state index contributed by atoms with van der Waals surface area (Å²) in [4.78, 5) is 20.3. The second-order valence-electron chi connectivity index (χ2n) is 4.38. The second-order valence-corrected chi connectivity index (χ2v) is 4.38. The van der Waals surface area contributed by atoms with Gasteiger partial charge < -0.3 is 14.5 Å². The molecule has 1 aliphatic heterocycles. The molecule has 1 fully saturated rings. The summed E-state index contributed by atoms with van der Waals surface area (Å²) in [5.41, 5.74) is 0. The number of hydrogen-bond acceptors (Lipinski definition) is 4. The van der Waals surface area contributed by atoms with Crippen LogP contribution in [0.5, 0.6) is 0 Å². The molecule has 18 heavy (non-hydrogen) atoms. The molecule has 1 aromatic rings. The Morgan fingerprint density at radius 2 is 2.06 bits per heavy atom. The number of piperazine rings is 1. The number of carbonyl (C=O) groups is 1. The molecule has 1 unspecified atom stereocenters. The Morgan fingerprint density at radius 1 is 1.33 bits per heavy atom. The van der Waals surface area contributed by atoms with Crippen LogP contribution in [0.25, 0.3) is 0 Å². The van der Waals surface area contributed by atoms with E-state index in [1.54, 1.807) is 20.2 Å². The summed E-state index contributed by atoms with van der Waals surface area (Å²) in [5, 5.41) is 0. The Morgan fingerprint density at radius 3 is 2.61 bits per heavy atom. The summed E-state index contributed by atoms with van der Waals surface area (Å²) in [6.07, 6.45) is 1.44. The number of ether oxygens (including phenoxy) is 1. The number of hydrogen-bond donors (Lipinski definition) is 0. The van der Waals surface area contributed by atoms with E-state index in [0.29, 0.717) is 0 Å². The summed E-state index contributed by atoms with van der Waals surface area (Å²) < 4.78 is 5.06. The lowest BCUT2D eigenvalue weighted by atomic mass is 10.2. The van der Waals surface area contributed by atoms with Gasteiger partial charge in [0.2, 0.25) is 0 Å². The first kappa shape index (κ1) is 12.8. The van der Waals surface area contributed by atoms with E-state index >= 15 is 0 Å². The van der Waals surface area contributed by atoms with E-state index in [-0.39, 0.29) is 12.0 Å². The minimum Gasteiger partial charge on any atom is -0.372 e. The van der Waals surface area contributed by atoms with Crippen LogP contribution in [0.3, 0.4) is 0 Å². The third kappa shape index (κ3) is 2.79. The zero-order valence-corrected chi connectivity index (χ0v) is 10.9. The number of amides is 1. The molecule has 0 aliphatic carbocycles. The predicted octanol–water partition coefficient (Wildman–Crippen LogP) is 0.765. The first-order valence-electron chi connectivity index (χ1n) is 6.20. The molecule has 98 valence electrons. The van der Waals surface area contributed by atoms with Gasteiger partial charge in [0, 0.05) is 39.5 Å². The molecule has 2 rings (SSSR count). The summed E-state index contributed by atoms with van der Waals surface area (Å²) in [6, 6.07) is 5.88. The maximum atomic E-state index is 11.9. The Labute approximate surface area is 107 Å². The topological polar surface area (TPSA) is 45.7 Å². The van der Waals surface area contributed by atoms with E-state index < -0.39 is 0 Å². The molecular formula is C13H19N3O2. The van der Waals surface area contributed by atoms with Gasteiger partial charge in [0.05, 0.1) is 0 Å². The monoisotopic (exact) mass is 249 g/mol. The highest BCUT2D eigenvalue weighted by Gasteiger charge is 2.24. The van der Waals surface area contributed by atoms with Crippen LogP contribution in [0.4, 0.5) is 5.82 Å². The molecule has 0 saturated carbocycles. The molecule has 1 aliphatic rings. The molecule has 5 heteroatoms. The van der Waals surface area contributed by atoms with Crippen molar-refractivity contribution in [1.29, 1.82) is 0 Å². The van der Waals surface area contributed by atoms with Gasteiger partial charge in [-0.25, -0.2) is 4.98 Å². The van der Waals surface area contributed by atoms with E-state index in [2.05, 4.69) is 9.88 Å². The summed E-state index contributed by atoms with van der Waals surface area (Å²) in [6.45, 7) is 4.87. The molecule has 2 heterocycles. The van der Waals surface area contributed by atoms with Crippen molar-refractivity contribution in [3.05, 3.63) is 24.4 Å². The lowest BCUT2D eigenvalue weighted by Gasteiger charge is -2.36. The summed E-state index contributed by atoms with van der Waals surface area (Å²) >= 11 is 0. The van der Waals surface area contributed by atoms with Gasteiger partial charge in [-0.1, -0.05) is 6.07 Å². The van der Waals surface area contributed by atoms with Gasteiger partial charge in [0.15, 0.2) is 0 Å². The highest BCUT2D eigenvalue weighted by Crippen LogP contribution is 2.13. The molecule has 0 bridgehead atoms. The Balaban J connectivity index is 1.90. The number of methoxy groups -OCH3 is 1. The highest BCUT2D eigenvalue weighted by molar-refractivity contribution is 5.80.